The lowest BCUT2D eigenvalue weighted by atomic mass is 10.00. The van der Waals surface area contributed by atoms with Gasteiger partial charge in [0.15, 0.2) is 0 Å². The standard InChI is InChI=1S/C45H25N5/c46-26-29-23-34(27-47)45(35(24-29)28-48)50-40-16-7-5-14-38(40)44-42(50)22-21-41-43(44)37-13-4-6-15-39(37)49(41)36-12-8-11-33(25-36)32-19-17-31(18-20-32)30-9-2-1-3-10-30/h1-25H. The largest absolute Gasteiger partial charge is 0.309 e. The maximum atomic E-state index is 10.2. The molecule has 0 aliphatic carbocycles. The summed E-state index contributed by atoms with van der Waals surface area (Å²) in [4.78, 5) is 0. The zero-order valence-corrected chi connectivity index (χ0v) is 26.7. The monoisotopic (exact) mass is 635 g/mol. The Morgan fingerprint density at radius 2 is 0.880 bits per heavy atom. The van der Waals surface area contributed by atoms with Crippen LogP contribution in [0.2, 0.25) is 0 Å². The summed E-state index contributed by atoms with van der Waals surface area (Å²) in [6.07, 6.45) is 0. The highest BCUT2D eigenvalue weighted by Gasteiger charge is 2.23. The van der Waals surface area contributed by atoms with Crippen molar-refractivity contribution in [2.75, 3.05) is 0 Å². The Labute approximate surface area is 287 Å². The van der Waals surface area contributed by atoms with Crippen molar-refractivity contribution in [2.45, 2.75) is 0 Å². The molecule has 0 unspecified atom stereocenters. The molecule has 0 radical (unpaired) electrons. The van der Waals surface area contributed by atoms with E-state index >= 15 is 0 Å². The van der Waals surface area contributed by atoms with Gasteiger partial charge >= 0.3 is 0 Å². The van der Waals surface area contributed by atoms with E-state index in [1.54, 1.807) is 12.1 Å². The lowest BCUT2D eigenvalue weighted by Crippen LogP contribution is -2.02. The lowest BCUT2D eigenvalue weighted by molar-refractivity contribution is 1.15. The van der Waals surface area contributed by atoms with Crippen LogP contribution < -0.4 is 0 Å². The molecule has 0 aliphatic rings. The summed E-state index contributed by atoms with van der Waals surface area (Å²) in [6.45, 7) is 0. The highest BCUT2D eigenvalue weighted by Crippen LogP contribution is 2.43. The Hall–Kier alpha value is -7.39. The van der Waals surface area contributed by atoms with Crippen LogP contribution in [0.5, 0.6) is 0 Å². The van der Waals surface area contributed by atoms with E-state index in [2.05, 4.69) is 138 Å². The van der Waals surface area contributed by atoms with Crippen LogP contribution in [0, 0.1) is 34.0 Å². The van der Waals surface area contributed by atoms with E-state index < -0.39 is 0 Å². The van der Waals surface area contributed by atoms with Gasteiger partial charge in [-0.2, -0.15) is 15.8 Å². The van der Waals surface area contributed by atoms with Gasteiger partial charge in [-0.25, -0.2) is 0 Å². The summed E-state index contributed by atoms with van der Waals surface area (Å²) in [5.41, 5.74) is 10.9. The smallest absolute Gasteiger partial charge is 0.101 e. The number of fused-ring (bicyclic) bond motifs is 7. The highest BCUT2D eigenvalue weighted by molar-refractivity contribution is 6.29. The number of hydrogen-bond acceptors (Lipinski definition) is 3. The highest BCUT2D eigenvalue weighted by atomic mass is 15.0. The third kappa shape index (κ3) is 4.31. The SMILES string of the molecule is N#Cc1cc(C#N)c(-n2c3ccccc3c3c4c5ccccc5n(-c5cccc(-c6ccc(-c7ccccc7)cc6)c5)c4ccc32)c(C#N)c1. The molecule has 0 saturated carbocycles. The maximum Gasteiger partial charge on any atom is 0.101 e. The summed E-state index contributed by atoms with van der Waals surface area (Å²) in [7, 11) is 0. The van der Waals surface area contributed by atoms with E-state index in [-0.39, 0.29) is 16.7 Å². The molecule has 0 spiro atoms. The van der Waals surface area contributed by atoms with Gasteiger partial charge in [0.2, 0.25) is 0 Å². The van der Waals surface area contributed by atoms with Crippen molar-refractivity contribution in [1.29, 1.82) is 15.8 Å². The van der Waals surface area contributed by atoms with Crippen LogP contribution in [0.15, 0.2) is 152 Å². The summed E-state index contributed by atoms with van der Waals surface area (Å²) < 4.78 is 4.33. The molecular formula is C45H25N5. The average molecular weight is 636 g/mol. The zero-order valence-electron chi connectivity index (χ0n) is 26.7. The van der Waals surface area contributed by atoms with Crippen LogP contribution in [0.3, 0.4) is 0 Å². The summed E-state index contributed by atoms with van der Waals surface area (Å²) in [5, 5.41) is 34.3. The Balaban J connectivity index is 1.30. The number of aromatic nitrogens is 2. The van der Waals surface area contributed by atoms with E-state index in [1.165, 1.54) is 11.1 Å². The van der Waals surface area contributed by atoms with Gasteiger partial charge in [-0.05, 0) is 70.8 Å². The van der Waals surface area contributed by atoms with Crippen molar-refractivity contribution in [3.8, 4) is 51.8 Å². The molecule has 5 heteroatoms. The topological polar surface area (TPSA) is 81.2 Å². The molecule has 0 atom stereocenters. The molecule has 0 fully saturated rings. The van der Waals surface area contributed by atoms with E-state index in [0.29, 0.717) is 5.69 Å². The predicted molar refractivity (Wildman–Crippen MR) is 200 cm³/mol. The number of para-hydroxylation sites is 2. The second-order valence-electron chi connectivity index (χ2n) is 12.3. The van der Waals surface area contributed by atoms with E-state index in [4.69, 9.17) is 0 Å². The van der Waals surface area contributed by atoms with Crippen molar-refractivity contribution in [3.05, 3.63) is 168 Å². The van der Waals surface area contributed by atoms with Crippen LogP contribution in [-0.4, -0.2) is 9.13 Å². The van der Waals surface area contributed by atoms with Crippen molar-refractivity contribution in [3.63, 3.8) is 0 Å². The quantitative estimate of drug-likeness (QED) is 0.193. The number of rotatable bonds is 4. The Morgan fingerprint density at radius 3 is 1.48 bits per heavy atom. The third-order valence-electron chi connectivity index (χ3n) is 9.60. The second kappa shape index (κ2) is 11.4. The molecule has 0 N–H and O–H groups in total. The van der Waals surface area contributed by atoms with Crippen molar-refractivity contribution >= 4 is 43.6 Å². The van der Waals surface area contributed by atoms with Crippen molar-refractivity contribution < 1.29 is 0 Å². The molecule has 9 aromatic rings. The molecule has 2 heterocycles. The van der Waals surface area contributed by atoms with Crippen LogP contribution in [-0.2, 0) is 0 Å². The molecule has 230 valence electrons. The van der Waals surface area contributed by atoms with E-state index in [9.17, 15) is 15.8 Å². The summed E-state index contributed by atoms with van der Waals surface area (Å²) in [5.74, 6) is 0. The first-order valence-electron chi connectivity index (χ1n) is 16.3. The molecule has 0 aliphatic heterocycles. The minimum absolute atomic E-state index is 0.277. The minimum atomic E-state index is 0.277. The van der Waals surface area contributed by atoms with Crippen molar-refractivity contribution in [1.82, 2.24) is 9.13 Å². The Bertz CT molecular complexity index is 2910. The fourth-order valence-corrected chi connectivity index (χ4v) is 7.46. The van der Waals surface area contributed by atoms with Gasteiger partial charge in [-0.1, -0.05) is 103 Å². The van der Waals surface area contributed by atoms with Gasteiger partial charge < -0.3 is 9.13 Å². The van der Waals surface area contributed by atoms with Crippen LogP contribution in [0.4, 0.5) is 0 Å². The van der Waals surface area contributed by atoms with E-state index in [1.807, 2.05) is 28.8 Å². The molecular weight excluding hydrogens is 611 g/mol. The van der Waals surface area contributed by atoms with Gasteiger partial charge in [0.05, 0.1) is 50.5 Å². The number of hydrogen-bond donors (Lipinski definition) is 0. The van der Waals surface area contributed by atoms with Gasteiger partial charge in [0.1, 0.15) is 12.1 Å². The molecule has 0 amide bonds. The predicted octanol–water partition coefficient (Wildman–Crippen LogP) is 10.8. The van der Waals surface area contributed by atoms with E-state index in [0.717, 1.165) is 60.4 Å². The maximum absolute atomic E-state index is 10.2. The molecule has 9 rings (SSSR count). The third-order valence-corrected chi connectivity index (χ3v) is 9.60. The van der Waals surface area contributed by atoms with Crippen LogP contribution >= 0.6 is 0 Å². The van der Waals surface area contributed by atoms with Gasteiger partial charge in [0.25, 0.3) is 0 Å². The molecule has 5 nitrogen and oxygen atoms in total. The molecule has 0 bridgehead atoms. The second-order valence-corrected chi connectivity index (χ2v) is 12.3. The number of nitriles is 3. The Morgan fingerprint density at radius 1 is 0.380 bits per heavy atom. The number of nitrogens with zero attached hydrogens (tertiary/aromatic N) is 5. The van der Waals surface area contributed by atoms with Gasteiger partial charge in [-0.3, -0.25) is 0 Å². The molecule has 7 aromatic carbocycles. The first-order chi connectivity index (χ1) is 24.7. The number of benzene rings is 7. The summed E-state index contributed by atoms with van der Waals surface area (Å²) >= 11 is 0. The van der Waals surface area contributed by atoms with Crippen LogP contribution in [0.25, 0.3) is 77.2 Å². The van der Waals surface area contributed by atoms with Gasteiger partial charge in [0, 0.05) is 27.2 Å². The van der Waals surface area contributed by atoms with Crippen LogP contribution in [0.1, 0.15) is 16.7 Å². The van der Waals surface area contributed by atoms with Gasteiger partial charge in [-0.15, -0.1) is 0 Å². The fourth-order valence-electron chi connectivity index (χ4n) is 7.46. The lowest BCUT2D eigenvalue weighted by Gasteiger charge is -2.13. The first kappa shape index (κ1) is 28.8. The molecule has 50 heavy (non-hydrogen) atoms. The fraction of sp³-hybridized carbons (Fsp3) is 0. The molecule has 2 aromatic heterocycles. The van der Waals surface area contributed by atoms with Crippen molar-refractivity contribution in [2.24, 2.45) is 0 Å². The molecule has 0 saturated heterocycles. The first-order valence-corrected chi connectivity index (χ1v) is 16.3. The Kier molecular flexibility index (Phi) is 6.56. The zero-order chi connectivity index (χ0) is 33.8. The minimum Gasteiger partial charge on any atom is -0.309 e. The average Bonchev–Trinajstić information content (AvgIpc) is 3.70. The summed E-state index contributed by atoms with van der Waals surface area (Å²) in [6, 6.07) is 58.3. The normalized spacial score (nSPS) is 11.1.